The lowest BCUT2D eigenvalue weighted by atomic mass is 10.1. The molecule has 2 aliphatic rings. The number of morpholine rings is 1. The predicted molar refractivity (Wildman–Crippen MR) is 111 cm³/mol. The highest BCUT2D eigenvalue weighted by atomic mass is 32.2. The van der Waals surface area contributed by atoms with Gasteiger partial charge in [0.2, 0.25) is 15.9 Å². The van der Waals surface area contributed by atoms with E-state index in [0.717, 1.165) is 38.8 Å². The van der Waals surface area contributed by atoms with Crippen molar-refractivity contribution in [2.75, 3.05) is 46.5 Å². The Hall–Kier alpha value is -1.90. The third kappa shape index (κ3) is 5.58. The fourth-order valence-electron chi connectivity index (χ4n) is 3.67. The SMILES string of the molecule is COc1ccc(/C=C/C(=O)N2CCCCCCC2)cc1S(=O)(=O)N1CCOCC1. The van der Waals surface area contributed by atoms with Gasteiger partial charge in [-0.2, -0.15) is 4.31 Å². The molecule has 7 nitrogen and oxygen atoms in total. The number of likely N-dealkylation sites (tertiary alicyclic amines) is 1. The summed E-state index contributed by atoms with van der Waals surface area (Å²) in [7, 11) is -2.24. The van der Waals surface area contributed by atoms with Gasteiger partial charge in [-0.05, 0) is 36.6 Å². The Morgan fingerprint density at radius 1 is 1.03 bits per heavy atom. The second-order valence-electron chi connectivity index (χ2n) is 7.35. The van der Waals surface area contributed by atoms with Crippen LogP contribution < -0.4 is 4.74 Å². The van der Waals surface area contributed by atoms with Crippen LogP contribution in [0.2, 0.25) is 0 Å². The standard InChI is InChI=1S/C21H30N2O5S/c1-27-19-9-7-18(8-10-21(24)22-11-5-3-2-4-6-12-22)17-20(19)29(25,26)23-13-15-28-16-14-23/h7-10,17H,2-6,11-16H2,1H3/b10-8+. The number of carbonyl (C=O) groups excluding carboxylic acids is 1. The van der Waals surface area contributed by atoms with Crippen LogP contribution in [0.25, 0.3) is 6.08 Å². The molecule has 1 aromatic carbocycles. The first-order valence-corrected chi connectivity index (χ1v) is 11.7. The molecule has 0 unspecified atom stereocenters. The van der Waals surface area contributed by atoms with E-state index in [-0.39, 0.29) is 10.8 Å². The molecule has 160 valence electrons. The quantitative estimate of drug-likeness (QED) is 0.682. The van der Waals surface area contributed by atoms with Gasteiger partial charge >= 0.3 is 0 Å². The lowest BCUT2D eigenvalue weighted by Crippen LogP contribution is -2.40. The molecule has 0 saturated carbocycles. The van der Waals surface area contributed by atoms with Crippen molar-refractivity contribution in [1.82, 2.24) is 9.21 Å². The summed E-state index contributed by atoms with van der Waals surface area (Å²) in [5, 5.41) is 0. The lowest BCUT2D eigenvalue weighted by molar-refractivity contribution is -0.126. The topological polar surface area (TPSA) is 76.2 Å². The summed E-state index contributed by atoms with van der Waals surface area (Å²) >= 11 is 0. The van der Waals surface area contributed by atoms with Gasteiger partial charge in [0, 0.05) is 32.3 Å². The van der Waals surface area contributed by atoms with Gasteiger partial charge in [-0.3, -0.25) is 4.79 Å². The molecule has 2 heterocycles. The molecule has 2 fully saturated rings. The second kappa shape index (κ2) is 10.2. The summed E-state index contributed by atoms with van der Waals surface area (Å²) in [6.45, 7) is 2.96. The summed E-state index contributed by atoms with van der Waals surface area (Å²) in [6.07, 6.45) is 8.84. The number of nitrogens with zero attached hydrogens (tertiary/aromatic N) is 2. The van der Waals surface area contributed by atoms with E-state index < -0.39 is 10.0 Å². The van der Waals surface area contributed by atoms with E-state index in [1.807, 2.05) is 4.90 Å². The van der Waals surface area contributed by atoms with Crippen LogP contribution in [0.5, 0.6) is 5.75 Å². The Morgan fingerprint density at radius 2 is 1.69 bits per heavy atom. The van der Waals surface area contributed by atoms with Gasteiger partial charge in [-0.25, -0.2) is 8.42 Å². The molecule has 0 spiro atoms. The predicted octanol–water partition coefficient (Wildman–Crippen LogP) is 2.52. The first-order valence-electron chi connectivity index (χ1n) is 10.3. The van der Waals surface area contributed by atoms with E-state index in [4.69, 9.17) is 9.47 Å². The van der Waals surface area contributed by atoms with Gasteiger partial charge < -0.3 is 14.4 Å². The van der Waals surface area contributed by atoms with Gasteiger partial charge in [0.25, 0.3) is 0 Å². The molecule has 0 aliphatic carbocycles. The number of methoxy groups -OCH3 is 1. The number of sulfonamides is 1. The number of benzene rings is 1. The Morgan fingerprint density at radius 3 is 2.34 bits per heavy atom. The minimum Gasteiger partial charge on any atom is -0.495 e. The number of hydrogen-bond acceptors (Lipinski definition) is 5. The average molecular weight is 423 g/mol. The van der Waals surface area contributed by atoms with E-state index in [1.54, 1.807) is 24.3 Å². The molecule has 0 N–H and O–H groups in total. The van der Waals surface area contributed by atoms with Crippen molar-refractivity contribution in [1.29, 1.82) is 0 Å². The molecule has 0 radical (unpaired) electrons. The second-order valence-corrected chi connectivity index (χ2v) is 9.26. The van der Waals surface area contributed by atoms with Gasteiger partial charge in [0.05, 0.1) is 20.3 Å². The van der Waals surface area contributed by atoms with Crippen LogP contribution in [0.1, 0.15) is 37.7 Å². The minimum atomic E-state index is -3.70. The Kier molecular flexibility index (Phi) is 7.69. The number of amides is 1. The van der Waals surface area contributed by atoms with Crippen molar-refractivity contribution < 1.29 is 22.7 Å². The summed E-state index contributed by atoms with van der Waals surface area (Å²) in [5.74, 6) is 0.268. The van der Waals surface area contributed by atoms with Gasteiger partial charge in [0.15, 0.2) is 0 Å². The van der Waals surface area contributed by atoms with Crippen LogP contribution >= 0.6 is 0 Å². The maximum Gasteiger partial charge on any atom is 0.246 e. The van der Waals surface area contributed by atoms with Crippen LogP contribution in [0.4, 0.5) is 0 Å². The zero-order chi connectivity index (χ0) is 20.7. The Balaban J connectivity index is 1.78. The minimum absolute atomic E-state index is 0.0275. The molecule has 1 aromatic rings. The fraction of sp³-hybridized carbons (Fsp3) is 0.571. The Labute approximate surface area is 173 Å². The molecule has 3 rings (SSSR count). The van der Waals surface area contributed by atoms with Crippen molar-refractivity contribution in [3.8, 4) is 5.75 Å². The first kappa shape index (κ1) is 21.8. The third-order valence-corrected chi connectivity index (χ3v) is 7.28. The van der Waals surface area contributed by atoms with Crippen molar-refractivity contribution >= 4 is 22.0 Å². The van der Waals surface area contributed by atoms with Crippen molar-refractivity contribution in [3.05, 3.63) is 29.8 Å². The van der Waals surface area contributed by atoms with Crippen LogP contribution in [0, 0.1) is 0 Å². The van der Waals surface area contributed by atoms with Crippen LogP contribution in [0.15, 0.2) is 29.2 Å². The van der Waals surface area contributed by atoms with Gasteiger partial charge in [0.1, 0.15) is 10.6 Å². The lowest BCUT2D eigenvalue weighted by Gasteiger charge is -2.26. The van der Waals surface area contributed by atoms with Crippen LogP contribution in [0.3, 0.4) is 0 Å². The third-order valence-electron chi connectivity index (χ3n) is 5.36. The smallest absolute Gasteiger partial charge is 0.246 e. The van der Waals surface area contributed by atoms with Crippen molar-refractivity contribution in [2.45, 2.75) is 37.0 Å². The van der Waals surface area contributed by atoms with E-state index in [1.165, 1.54) is 23.9 Å². The molecular weight excluding hydrogens is 392 g/mol. The van der Waals surface area contributed by atoms with Gasteiger partial charge in [-0.15, -0.1) is 0 Å². The number of rotatable bonds is 5. The average Bonchev–Trinajstić information content (AvgIpc) is 2.72. The zero-order valence-corrected chi connectivity index (χ0v) is 17.8. The van der Waals surface area contributed by atoms with E-state index in [0.29, 0.717) is 37.6 Å². The molecule has 0 bridgehead atoms. The molecule has 8 heteroatoms. The highest BCUT2D eigenvalue weighted by Gasteiger charge is 2.29. The number of hydrogen-bond donors (Lipinski definition) is 0. The maximum absolute atomic E-state index is 13.1. The molecule has 0 atom stereocenters. The normalized spacial score (nSPS) is 19.7. The van der Waals surface area contributed by atoms with Crippen LogP contribution in [-0.2, 0) is 19.6 Å². The van der Waals surface area contributed by atoms with Crippen molar-refractivity contribution in [3.63, 3.8) is 0 Å². The molecule has 2 saturated heterocycles. The monoisotopic (exact) mass is 422 g/mol. The van der Waals surface area contributed by atoms with Gasteiger partial charge in [-0.1, -0.05) is 25.3 Å². The van der Waals surface area contributed by atoms with E-state index in [9.17, 15) is 13.2 Å². The molecule has 29 heavy (non-hydrogen) atoms. The zero-order valence-electron chi connectivity index (χ0n) is 17.0. The Bertz CT molecular complexity index is 823. The highest BCUT2D eigenvalue weighted by Crippen LogP contribution is 2.29. The number of carbonyl (C=O) groups is 1. The van der Waals surface area contributed by atoms with Crippen LogP contribution in [-0.4, -0.2) is 70.0 Å². The summed E-state index contributed by atoms with van der Waals surface area (Å²) in [6, 6.07) is 4.96. The number of ether oxygens (including phenoxy) is 2. The summed E-state index contributed by atoms with van der Waals surface area (Å²) < 4.78 is 38.1. The maximum atomic E-state index is 13.1. The van der Waals surface area contributed by atoms with Crippen molar-refractivity contribution in [2.24, 2.45) is 0 Å². The van der Waals surface area contributed by atoms with E-state index in [2.05, 4.69) is 0 Å². The molecule has 2 aliphatic heterocycles. The van der Waals surface area contributed by atoms with E-state index >= 15 is 0 Å². The molecule has 0 aromatic heterocycles. The summed E-state index contributed by atoms with van der Waals surface area (Å²) in [4.78, 5) is 14.6. The first-order chi connectivity index (χ1) is 14.0. The molecular formula is C21H30N2O5S. The highest BCUT2D eigenvalue weighted by molar-refractivity contribution is 7.89. The largest absolute Gasteiger partial charge is 0.495 e. The molecule has 1 amide bonds. The fourth-order valence-corrected chi connectivity index (χ4v) is 5.26. The summed E-state index contributed by atoms with van der Waals surface area (Å²) in [5.41, 5.74) is 0.651.